The molecule has 0 radical (unpaired) electrons. The van der Waals surface area contributed by atoms with Crippen molar-refractivity contribution in [2.24, 2.45) is 0 Å². The fourth-order valence-corrected chi connectivity index (χ4v) is 7.12. The first-order chi connectivity index (χ1) is 30.5. The Morgan fingerprint density at radius 1 is 0.355 bits per heavy atom. The number of ketones is 1. The molecule has 7 heteroatoms. The zero-order valence-corrected chi connectivity index (χ0v) is 34.2. The Labute approximate surface area is 361 Å². The predicted molar refractivity (Wildman–Crippen MR) is 250 cm³/mol. The summed E-state index contributed by atoms with van der Waals surface area (Å²) in [6.07, 6.45) is 6.08. The highest BCUT2D eigenvalue weighted by molar-refractivity contribution is 6.04. The van der Waals surface area contributed by atoms with Gasteiger partial charge in [-0.2, -0.15) is 0 Å². The topological polar surface area (TPSA) is 94.4 Å². The number of hydrogen-bond donors (Lipinski definition) is 0. The van der Waals surface area contributed by atoms with Gasteiger partial charge >= 0.3 is 0 Å². The summed E-state index contributed by atoms with van der Waals surface area (Å²) in [5.41, 5.74) is 11.6. The van der Waals surface area contributed by atoms with Crippen molar-refractivity contribution < 1.29 is 4.79 Å². The van der Waals surface area contributed by atoms with E-state index in [1.807, 2.05) is 171 Å². The van der Waals surface area contributed by atoms with Crippen LogP contribution in [0.3, 0.4) is 0 Å². The van der Waals surface area contributed by atoms with E-state index >= 15 is 0 Å². The van der Waals surface area contributed by atoms with Crippen molar-refractivity contribution in [3.63, 3.8) is 0 Å². The molecule has 0 spiro atoms. The van der Waals surface area contributed by atoms with Gasteiger partial charge in [-0.15, -0.1) is 0 Å². The molecule has 0 aliphatic rings. The molecule has 9 rings (SSSR count). The van der Waals surface area contributed by atoms with Crippen LogP contribution in [-0.4, -0.2) is 35.7 Å². The van der Waals surface area contributed by atoms with Crippen molar-refractivity contribution in [3.8, 4) is 78.9 Å². The van der Waals surface area contributed by atoms with Gasteiger partial charge in [0.15, 0.2) is 23.3 Å². The number of hydrogen-bond acceptors (Lipinski definition) is 7. The third-order valence-electron chi connectivity index (χ3n) is 10.6. The summed E-state index contributed by atoms with van der Waals surface area (Å²) in [4.78, 5) is 43.8. The van der Waals surface area contributed by atoms with Gasteiger partial charge in [0.25, 0.3) is 5.78 Å². The largest absolute Gasteiger partial charge is 0.281 e. The van der Waals surface area contributed by atoms with Crippen LogP contribution in [0.2, 0.25) is 0 Å². The Bertz CT molecular complexity index is 2940. The Hall–Kier alpha value is -8.29. The minimum absolute atomic E-state index is 0.0766. The maximum Gasteiger partial charge on any atom is 0.267 e. The maximum absolute atomic E-state index is 14.8. The van der Waals surface area contributed by atoms with Crippen LogP contribution in [0, 0.1) is 0 Å². The van der Waals surface area contributed by atoms with Crippen LogP contribution in [0.15, 0.2) is 206 Å². The lowest BCUT2D eigenvalue weighted by molar-refractivity contribution is 0.101. The average Bonchev–Trinajstić information content (AvgIpc) is 3.36. The molecule has 9 aromatic rings. The molecule has 2 heterocycles. The van der Waals surface area contributed by atoms with Gasteiger partial charge in [-0.25, -0.2) is 29.9 Å². The molecule has 2 aromatic heterocycles. The third kappa shape index (κ3) is 8.69. The first kappa shape index (κ1) is 39.2. The van der Waals surface area contributed by atoms with E-state index in [1.165, 1.54) is 0 Å². The molecule has 0 bridgehead atoms. The monoisotopic (exact) mass is 800 g/mol. The van der Waals surface area contributed by atoms with Gasteiger partial charge in [0.2, 0.25) is 11.6 Å². The van der Waals surface area contributed by atoms with Crippen LogP contribution < -0.4 is 0 Å². The van der Waals surface area contributed by atoms with Crippen LogP contribution in [-0.2, 0) is 0 Å². The van der Waals surface area contributed by atoms with E-state index in [0.717, 1.165) is 66.8 Å². The Balaban J connectivity index is 1.15. The molecule has 0 aliphatic heterocycles. The summed E-state index contributed by atoms with van der Waals surface area (Å²) in [5.74, 6) is 0.716. The molecule has 0 N–H and O–H groups in total. The SMILES string of the molecule is CC=CC=C(C)c1ccc(-c2nc(C(=O)c3nc(-c4ccc(-c5ccccc5)cc4)nc(-c4ccc(-c5ccccc5)cc4)n3)nc(-c3ccc(-c4ccccc4)cc3)n2)cc1. The second-order valence-corrected chi connectivity index (χ2v) is 14.7. The number of carbonyl (C=O) groups excluding carboxylic acids is 1. The number of allylic oxidation sites excluding steroid dienone is 4. The van der Waals surface area contributed by atoms with Crippen LogP contribution in [0.1, 0.15) is 35.9 Å². The highest BCUT2D eigenvalue weighted by Crippen LogP contribution is 2.29. The quantitative estimate of drug-likeness (QED) is 0.0949. The Morgan fingerprint density at radius 3 is 0.935 bits per heavy atom. The number of rotatable bonds is 11. The van der Waals surface area contributed by atoms with Gasteiger partial charge < -0.3 is 0 Å². The molecule has 0 saturated carbocycles. The molecule has 0 fully saturated rings. The van der Waals surface area contributed by atoms with Crippen LogP contribution in [0.5, 0.6) is 0 Å². The predicted octanol–water partition coefficient (Wildman–Crippen LogP) is 12.9. The molecular weight excluding hydrogens is 761 g/mol. The van der Waals surface area contributed by atoms with Gasteiger partial charge in [-0.1, -0.05) is 206 Å². The van der Waals surface area contributed by atoms with E-state index in [2.05, 4.69) is 49.4 Å². The van der Waals surface area contributed by atoms with Crippen molar-refractivity contribution in [2.45, 2.75) is 13.8 Å². The Kier molecular flexibility index (Phi) is 11.3. The normalized spacial score (nSPS) is 11.5. The fraction of sp³-hybridized carbons (Fsp3) is 0.0364. The molecule has 296 valence electrons. The van der Waals surface area contributed by atoms with E-state index < -0.39 is 5.78 Å². The smallest absolute Gasteiger partial charge is 0.267 e. The lowest BCUT2D eigenvalue weighted by atomic mass is 10.0. The van der Waals surface area contributed by atoms with E-state index in [0.29, 0.717) is 23.3 Å². The highest BCUT2D eigenvalue weighted by Gasteiger charge is 2.23. The second-order valence-electron chi connectivity index (χ2n) is 14.7. The average molecular weight is 801 g/mol. The fourth-order valence-electron chi connectivity index (χ4n) is 7.12. The Morgan fingerprint density at radius 2 is 0.629 bits per heavy atom. The van der Waals surface area contributed by atoms with Crippen molar-refractivity contribution in [2.75, 3.05) is 0 Å². The van der Waals surface area contributed by atoms with Gasteiger partial charge in [0, 0.05) is 22.3 Å². The van der Waals surface area contributed by atoms with E-state index in [1.54, 1.807) is 0 Å². The zero-order valence-electron chi connectivity index (χ0n) is 34.2. The first-order valence-electron chi connectivity index (χ1n) is 20.4. The van der Waals surface area contributed by atoms with Crippen LogP contribution in [0.25, 0.3) is 84.5 Å². The second kappa shape index (κ2) is 17.9. The van der Waals surface area contributed by atoms with Crippen LogP contribution >= 0.6 is 0 Å². The lowest BCUT2D eigenvalue weighted by Gasteiger charge is -2.11. The number of nitrogens with zero attached hydrogens (tertiary/aromatic N) is 6. The number of benzene rings is 7. The van der Waals surface area contributed by atoms with Crippen molar-refractivity contribution in [1.29, 1.82) is 0 Å². The van der Waals surface area contributed by atoms with Gasteiger partial charge in [-0.3, -0.25) is 4.79 Å². The van der Waals surface area contributed by atoms with Crippen molar-refractivity contribution >= 4 is 11.4 Å². The van der Waals surface area contributed by atoms with Gasteiger partial charge in [0.05, 0.1) is 0 Å². The summed E-state index contributed by atoms with van der Waals surface area (Å²) in [7, 11) is 0. The molecule has 7 aromatic carbocycles. The highest BCUT2D eigenvalue weighted by atomic mass is 16.1. The van der Waals surface area contributed by atoms with E-state index in [9.17, 15) is 4.79 Å². The van der Waals surface area contributed by atoms with Gasteiger partial charge in [0.1, 0.15) is 0 Å². The standard InChI is InChI=1S/C55H40N6O/c1-3-4-14-37(2)38-21-29-45(30-22-38)50-56-51(46-31-23-42(24-32-46)39-15-8-5-9-16-39)59-54(58-50)49(62)55-60-52(47-33-25-43(26-34-47)40-17-10-6-11-18-40)57-53(61-55)48-35-27-44(28-36-48)41-19-12-7-13-20-41/h3-36H,1-2H3. The van der Waals surface area contributed by atoms with Gasteiger partial charge in [-0.05, 0) is 58.4 Å². The van der Waals surface area contributed by atoms with E-state index in [-0.39, 0.29) is 11.6 Å². The first-order valence-corrected chi connectivity index (χ1v) is 20.4. The molecule has 0 amide bonds. The van der Waals surface area contributed by atoms with Crippen LogP contribution in [0.4, 0.5) is 0 Å². The minimum Gasteiger partial charge on any atom is -0.281 e. The molecule has 0 atom stereocenters. The zero-order chi connectivity index (χ0) is 42.3. The summed E-state index contributed by atoms with van der Waals surface area (Å²) in [6, 6.07) is 62.4. The number of aromatic nitrogens is 6. The summed E-state index contributed by atoms with van der Waals surface area (Å²) in [6.45, 7) is 4.06. The molecular formula is C55H40N6O. The number of carbonyl (C=O) groups is 1. The molecule has 62 heavy (non-hydrogen) atoms. The summed E-state index contributed by atoms with van der Waals surface area (Å²) >= 11 is 0. The summed E-state index contributed by atoms with van der Waals surface area (Å²) < 4.78 is 0. The molecule has 0 saturated heterocycles. The van der Waals surface area contributed by atoms with E-state index in [4.69, 9.17) is 29.9 Å². The molecule has 0 unspecified atom stereocenters. The van der Waals surface area contributed by atoms with Crippen molar-refractivity contribution in [1.82, 2.24) is 29.9 Å². The molecule has 0 aliphatic carbocycles. The lowest BCUT2D eigenvalue weighted by Crippen LogP contribution is -2.15. The maximum atomic E-state index is 14.8. The minimum atomic E-state index is -0.552. The molecule has 7 nitrogen and oxygen atoms in total. The summed E-state index contributed by atoms with van der Waals surface area (Å²) in [5, 5.41) is 0. The third-order valence-corrected chi connectivity index (χ3v) is 10.6. The van der Waals surface area contributed by atoms with Crippen molar-refractivity contribution in [3.05, 3.63) is 223 Å².